The number of nitrogens with zero attached hydrogens (tertiary/aromatic N) is 1. The van der Waals surface area contributed by atoms with E-state index in [2.05, 4.69) is 10.0 Å². The maximum atomic E-state index is 12.8. The summed E-state index contributed by atoms with van der Waals surface area (Å²) in [7, 11) is -1.08. The first kappa shape index (κ1) is 22.6. The number of hydrogen-bond acceptors (Lipinski definition) is 7. The molecule has 0 aliphatic rings. The summed E-state index contributed by atoms with van der Waals surface area (Å²) < 4.78 is 38.3. The van der Waals surface area contributed by atoms with Crippen LogP contribution in [0.15, 0.2) is 71.6 Å². The lowest BCUT2D eigenvalue weighted by Gasteiger charge is -2.13. The predicted molar refractivity (Wildman–Crippen MR) is 118 cm³/mol. The minimum atomic E-state index is -3.96. The SMILES string of the molecule is COc1ccc(OC)c(NS(=O)(=O)c2ccc(NC(=O)c3cccc([N+](=O)[O-])c3)cc2)c1. The topological polar surface area (TPSA) is 137 Å². The Morgan fingerprint density at radius 3 is 2.31 bits per heavy atom. The number of rotatable bonds is 8. The number of carbonyl (C=O) groups is 1. The zero-order chi connectivity index (χ0) is 23.3. The monoisotopic (exact) mass is 457 g/mol. The first-order valence-electron chi connectivity index (χ1n) is 9.14. The van der Waals surface area contributed by atoms with E-state index in [1.165, 1.54) is 62.8 Å². The minimum absolute atomic E-state index is 0.0456. The number of carbonyl (C=O) groups excluding carboxylic acids is 1. The summed E-state index contributed by atoms with van der Waals surface area (Å²) in [6.07, 6.45) is 0. The van der Waals surface area contributed by atoms with Crippen molar-refractivity contribution in [2.45, 2.75) is 4.90 Å². The highest BCUT2D eigenvalue weighted by Crippen LogP contribution is 2.31. The van der Waals surface area contributed by atoms with Gasteiger partial charge in [0.2, 0.25) is 0 Å². The van der Waals surface area contributed by atoms with Gasteiger partial charge >= 0.3 is 0 Å². The normalized spacial score (nSPS) is 10.8. The standard InChI is InChI=1S/C21H19N3O7S/c1-30-17-8-11-20(31-2)19(13-17)23-32(28,29)18-9-6-15(7-10-18)22-21(25)14-4-3-5-16(12-14)24(26)27/h3-13,23H,1-2H3,(H,22,25). The summed E-state index contributed by atoms with van der Waals surface area (Å²) >= 11 is 0. The molecule has 11 heteroatoms. The van der Waals surface area contributed by atoms with Gasteiger partial charge in [-0.15, -0.1) is 0 Å². The Balaban J connectivity index is 1.77. The Kier molecular flexibility index (Phi) is 6.59. The fraction of sp³-hybridized carbons (Fsp3) is 0.0952. The second-order valence-electron chi connectivity index (χ2n) is 6.46. The van der Waals surface area contributed by atoms with Crippen LogP contribution in [0.1, 0.15) is 10.4 Å². The van der Waals surface area contributed by atoms with E-state index in [9.17, 15) is 23.3 Å². The van der Waals surface area contributed by atoms with Crippen molar-refractivity contribution in [1.29, 1.82) is 0 Å². The zero-order valence-corrected chi connectivity index (χ0v) is 17.9. The Hall–Kier alpha value is -4.12. The molecule has 0 aliphatic heterocycles. The average molecular weight is 457 g/mol. The minimum Gasteiger partial charge on any atom is -0.497 e. The highest BCUT2D eigenvalue weighted by Gasteiger charge is 2.18. The third-order valence-corrected chi connectivity index (χ3v) is 5.77. The lowest BCUT2D eigenvalue weighted by molar-refractivity contribution is -0.384. The molecule has 0 spiro atoms. The summed E-state index contributed by atoms with van der Waals surface area (Å²) in [5, 5.41) is 13.4. The van der Waals surface area contributed by atoms with Crippen LogP contribution in [0, 0.1) is 10.1 Å². The molecule has 3 rings (SSSR count). The molecule has 0 aliphatic carbocycles. The van der Waals surface area contributed by atoms with Crippen molar-refractivity contribution in [2.24, 2.45) is 0 Å². The molecule has 0 radical (unpaired) electrons. The number of ether oxygens (including phenoxy) is 2. The highest BCUT2D eigenvalue weighted by atomic mass is 32.2. The molecule has 10 nitrogen and oxygen atoms in total. The van der Waals surface area contributed by atoms with Crippen molar-refractivity contribution < 1.29 is 27.6 Å². The van der Waals surface area contributed by atoms with Gasteiger partial charge in [0.25, 0.3) is 21.6 Å². The van der Waals surface area contributed by atoms with E-state index in [-0.39, 0.29) is 21.8 Å². The molecule has 2 N–H and O–H groups in total. The average Bonchev–Trinajstić information content (AvgIpc) is 2.79. The molecule has 1 amide bonds. The number of benzene rings is 3. The molecule has 0 saturated carbocycles. The second-order valence-corrected chi connectivity index (χ2v) is 8.14. The van der Waals surface area contributed by atoms with Gasteiger partial charge in [0.1, 0.15) is 11.5 Å². The van der Waals surface area contributed by atoms with Crippen LogP contribution in [-0.4, -0.2) is 33.5 Å². The maximum Gasteiger partial charge on any atom is 0.270 e. The number of sulfonamides is 1. The number of nitro benzene ring substituents is 1. The predicted octanol–water partition coefficient (Wildman–Crippen LogP) is 3.67. The van der Waals surface area contributed by atoms with E-state index in [0.29, 0.717) is 17.2 Å². The van der Waals surface area contributed by atoms with Gasteiger partial charge in [-0.1, -0.05) is 6.07 Å². The number of methoxy groups -OCH3 is 2. The maximum absolute atomic E-state index is 12.8. The number of non-ortho nitro benzene ring substituents is 1. The second kappa shape index (κ2) is 9.35. The van der Waals surface area contributed by atoms with Crippen LogP contribution in [0.2, 0.25) is 0 Å². The third-order valence-electron chi connectivity index (χ3n) is 4.39. The Morgan fingerprint density at radius 2 is 1.69 bits per heavy atom. The van der Waals surface area contributed by atoms with Gasteiger partial charge in [-0.2, -0.15) is 0 Å². The van der Waals surface area contributed by atoms with Crippen molar-refractivity contribution in [3.05, 3.63) is 82.4 Å². The molecule has 0 saturated heterocycles. The molecular formula is C21H19N3O7S. The Labute approximate surface area is 184 Å². The summed E-state index contributed by atoms with van der Waals surface area (Å²) in [6.45, 7) is 0. The Morgan fingerprint density at radius 1 is 0.969 bits per heavy atom. The number of hydrogen-bond donors (Lipinski definition) is 2. The lowest BCUT2D eigenvalue weighted by atomic mass is 10.2. The van der Waals surface area contributed by atoms with Crippen molar-refractivity contribution >= 4 is 33.0 Å². The molecule has 3 aromatic carbocycles. The van der Waals surface area contributed by atoms with Crippen LogP contribution < -0.4 is 19.5 Å². The van der Waals surface area contributed by atoms with Crippen LogP contribution in [0.25, 0.3) is 0 Å². The van der Waals surface area contributed by atoms with Crippen LogP contribution in [0.4, 0.5) is 17.1 Å². The summed E-state index contributed by atoms with van der Waals surface area (Å²) in [4.78, 5) is 22.6. The molecule has 0 bridgehead atoms. The largest absolute Gasteiger partial charge is 0.497 e. The fourth-order valence-electron chi connectivity index (χ4n) is 2.78. The van der Waals surface area contributed by atoms with Crippen LogP contribution >= 0.6 is 0 Å². The van der Waals surface area contributed by atoms with E-state index >= 15 is 0 Å². The molecule has 3 aromatic rings. The zero-order valence-electron chi connectivity index (χ0n) is 17.1. The first-order valence-corrected chi connectivity index (χ1v) is 10.6. The number of nitrogens with one attached hydrogen (secondary N) is 2. The molecule has 0 aromatic heterocycles. The third kappa shape index (κ3) is 5.13. The van der Waals surface area contributed by atoms with Gasteiger partial charge in [0.15, 0.2) is 0 Å². The van der Waals surface area contributed by atoms with E-state index < -0.39 is 20.9 Å². The van der Waals surface area contributed by atoms with Gasteiger partial charge in [0, 0.05) is 29.4 Å². The molecule has 0 unspecified atom stereocenters. The molecule has 0 fully saturated rings. The first-order chi connectivity index (χ1) is 15.2. The quantitative estimate of drug-likeness (QED) is 0.389. The molecule has 0 atom stereocenters. The highest BCUT2D eigenvalue weighted by molar-refractivity contribution is 7.92. The Bertz CT molecular complexity index is 1260. The van der Waals surface area contributed by atoms with Gasteiger partial charge in [0.05, 0.1) is 29.7 Å². The number of anilines is 2. The fourth-order valence-corrected chi connectivity index (χ4v) is 3.84. The van der Waals surface area contributed by atoms with Gasteiger partial charge < -0.3 is 14.8 Å². The number of nitro groups is 1. The van der Waals surface area contributed by atoms with Crippen molar-refractivity contribution in [3.8, 4) is 11.5 Å². The van der Waals surface area contributed by atoms with Crippen molar-refractivity contribution in [3.63, 3.8) is 0 Å². The molecular weight excluding hydrogens is 438 g/mol. The summed E-state index contributed by atoms with van der Waals surface area (Å²) in [5.41, 5.74) is 0.412. The smallest absolute Gasteiger partial charge is 0.270 e. The molecule has 0 heterocycles. The van der Waals surface area contributed by atoms with Crippen LogP contribution in [-0.2, 0) is 10.0 Å². The van der Waals surface area contributed by atoms with Gasteiger partial charge in [-0.05, 0) is 42.5 Å². The van der Waals surface area contributed by atoms with Gasteiger partial charge in [-0.3, -0.25) is 19.6 Å². The van der Waals surface area contributed by atoms with Crippen molar-refractivity contribution in [1.82, 2.24) is 0 Å². The van der Waals surface area contributed by atoms with Crippen LogP contribution in [0.3, 0.4) is 0 Å². The summed E-state index contributed by atoms with van der Waals surface area (Å²) in [6, 6.07) is 15.4. The van der Waals surface area contributed by atoms with Crippen molar-refractivity contribution in [2.75, 3.05) is 24.3 Å². The van der Waals surface area contributed by atoms with E-state index in [4.69, 9.17) is 9.47 Å². The molecule has 166 valence electrons. The molecule has 32 heavy (non-hydrogen) atoms. The van der Waals surface area contributed by atoms with E-state index in [1.54, 1.807) is 12.1 Å². The lowest BCUT2D eigenvalue weighted by Crippen LogP contribution is -2.15. The van der Waals surface area contributed by atoms with Crippen LogP contribution in [0.5, 0.6) is 11.5 Å². The number of amides is 1. The van der Waals surface area contributed by atoms with E-state index in [0.717, 1.165) is 6.07 Å². The van der Waals surface area contributed by atoms with Gasteiger partial charge in [-0.25, -0.2) is 8.42 Å². The van der Waals surface area contributed by atoms with E-state index in [1.807, 2.05) is 0 Å². The summed E-state index contributed by atoms with van der Waals surface area (Å²) in [5.74, 6) is 0.196.